The normalized spacial score (nSPS) is 11.1. The molecular formula is C20H18N4O2. The van der Waals surface area contributed by atoms with E-state index in [4.69, 9.17) is 0 Å². The van der Waals surface area contributed by atoms with Crippen molar-refractivity contribution in [3.63, 3.8) is 0 Å². The predicted molar refractivity (Wildman–Crippen MR) is 101 cm³/mol. The Bertz CT molecular complexity index is 1140. The third-order valence-corrected chi connectivity index (χ3v) is 4.49. The number of aryl methyl sites for hydroxylation is 1. The molecule has 2 aromatic heterocycles. The van der Waals surface area contributed by atoms with Crippen molar-refractivity contribution in [2.75, 3.05) is 6.54 Å². The van der Waals surface area contributed by atoms with Gasteiger partial charge in [-0.3, -0.25) is 9.59 Å². The molecule has 4 aromatic rings. The second kappa shape index (κ2) is 6.84. The zero-order valence-electron chi connectivity index (χ0n) is 14.1. The summed E-state index contributed by atoms with van der Waals surface area (Å²) >= 11 is 0. The summed E-state index contributed by atoms with van der Waals surface area (Å²) in [6, 6.07) is 15.1. The number of carbonyl (C=O) groups excluding carboxylic acids is 1. The van der Waals surface area contributed by atoms with Crippen LogP contribution in [-0.2, 0) is 6.42 Å². The van der Waals surface area contributed by atoms with Crippen LogP contribution in [-0.4, -0.2) is 27.6 Å². The van der Waals surface area contributed by atoms with Gasteiger partial charge >= 0.3 is 0 Å². The third-order valence-electron chi connectivity index (χ3n) is 4.49. The van der Waals surface area contributed by atoms with E-state index in [1.807, 2.05) is 24.4 Å². The Labute approximate surface area is 149 Å². The number of carbonyl (C=O) groups is 1. The molecule has 26 heavy (non-hydrogen) atoms. The van der Waals surface area contributed by atoms with E-state index in [2.05, 4.69) is 26.6 Å². The number of aromatic amines is 2. The van der Waals surface area contributed by atoms with Gasteiger partial charge in [0, 0.05) is 29.0 Å². The molecule has 0 saturated heterocycles. The van der Waals surface area contributed by atoms with E-state index < -0.39 is 0 Å². The van der Waals surface area contributed by atoms with E-state index in [9.17, 15) is 9.59 Å². The Morgan fingerprint density at radius 1 is 1.00 bits per heavy atom. The summed E-state index contributed by atoms with van der Waals surface area (Å²) in [6.07, 6.45) is 3.70. The lowest BCUT2D eigenvalue weighted by molar-refractivity contribution is 0.0949. The number of hydrogen-bond acceptors (Lipinski definition) is 3. The predicted octanol–water partition coefficient (Wildman–Crippen LogP) is 2.77. The van der Waals surface area contributed by atoms with Crippen molar-refractivity contribution in [1.82, 2.24) is 20.5 Å². The number of H-pyrrole nitrogens is 2. The number of rotatable bonds is 5. The zero-order valence-corrected chi connectivity index (χ0v) is 14.1. The number of hydrogen-bond donors (Lipinski definition) is 3. The highest BCUT2D eigenvalue weighted by Crippen LogP contribution is 2.18. The van der Waals surface area contributed by atoms with Crippen LogP contribution in [0.5, 0.6) is 0 Å². The molecular weight excluding hydrogens is 328 g/mol. The van der Waals surface area contributed by atoms with E-state index in [0.29, 0.717) is 17.3 Å². The molecule has 0 radical (unpaired) electrons. The van der Waals surface area contributed by atoms with E-state index in [1.165, 1.54) is 10.9 Å². The van der Waals surface area contributed by atoms with Crippen molar-refractivity contribution < 1.29 is 4.79 Å². The van der Waals surface area contributed by atoms with Crippen molar-refractivity contribution in [3.05, 3.63) is 76.3 Å². The minimum absolute atomic E-state index is 0.243. The molecule has 6 nitrogen and oxygen atoms in total. The Morgan fingerprint density at radius 3 is 2.58 bits per heavy atom. The molecule has 3 N–H and O–H groups in total. The maximum atomic E-state index is 12.4. The maximum absolute atomic E-state index is 12.4. The van der Waals surface area contributed by atoms with E-state index in [0.717, 1.165) is 18.4 Å². The number of nitrogens with zero attached hydrogens (tertiary/aromatic N) is 1. The Hall–Kier alpha value is -3.41. The van der Waals surface area contributed by atoms with Crippen molar-refractivity contribution in [2.45, 2.75) is 12.8 Å². The highest BCUT2D eigenvalue weighted by Gasteiger charge is 2.13. The maximum Gasteiger partial charge on any atom is 0.272 e. The summed E-state index contributed by atoms with van der Waals surface area (Å²) in [4.78, 5) is 27.5. The summed E-state index contributed by atoms with van der Waals surface area (Å²) in [5.41, 5.74) is 2.31. The molecule has 0 saturated carbocycles. The minimum atomic E-state index is -0.295. The van der Waals surface area contributed by atoms with Gasteiger partial charge in [0.1, 0.15) is 0 Å². The SMILES string of the molecule is O=C(NCCCc1c[nH]c2ccccc12)c1n[nH]c(=O)c2ccccc12. The number of para-hydroxylation sites is 1. The Kier molecular flexibility index (Phi) is 4.23. The van der Waals surface area contributed by atoms with Gasteiger partial charge < -0.3 is 10.3 Å². The highest BCUT2D eigenvalue weighted by molar-refractivity contribution is 6.04. The molecule has 1 amide bonds. The molecule has 0 bridgehead atoms. The molecule has 0 unspecified atom stereocenters. The average molecular weight is 346 g/mol. The fourth-order valence-corrected chi connectivity index (χ4v) is 3.19. The van der Waals surface area contributed by atoms with Gasteiger partial charge in [-0.05, 0) is 30.5 Å². The van der Waals surface area contributed by atoms with Crippen molar-refractivity contribution in [2.24, 2.45) is 0 Å². The van der Waals surface area contributed by atoms with E-state index >= 15 is 0 Å². The van der Waals surface area contributed by atoms with E-state index in [1.54, 1.807) is 24.3 Å². The van der Waals surface area contributed by atoms with Crippen LogP contribution < -0.4 is 10.9 Å². The first-order valence-corrected chi connectivity index (χ1v) is 8.54. The van der Waals surface area contributed by atoms with Crippen LogP contribution in [0.1, 0.15) is 22.5 Å². The van der Waals surface area contributed by atoms with Crippen molar-refractivity contribution in [3.8, 4) is 0 Å². The molecule has 4 rings (SSSR count). The second-order valence-electron chi connectivity index (χ2n) is 6.17. The zero-order chi connectivity index (χ0) is 17.9. The topological polar surface area (TPSA) is 90.6 Å². The molecule has 0 spiro atoms. The number of fused-ring (bicyclic) bond motifs is 2. The summed E-state index contributed by atoms with van der Waals surface area (Å²) in [6.45, 7) is 0.535. The van der Waals surface area contributed by atoms with Gasteiger partial charge in [-0.25, -0.2) is 5.10 Å². The number of aromatic nitrogens is 3. The Morgan fingerprint density at radius 2 is 1.73 bits per heavy atom. The van der Waals surface area contributed by atoms with Crippen molar-refractivity contribution >= 4 is 27.6 Å². The number of amides is 1. The summed E-state index contributed by atoms with van der Waals surface area (Å²) in [5, 5.41) is 11.4. The first kappa shape index (κ1) is 16.1. The van der Waals surface area contributed by atoms with E-state index in [-0.39, 0.29) is 17.2 Å². The molecule has 0 aliphatic carbocycles. The largest absolute Gasteiger partial charge is 0.361 e. The molecule has 0 aliphatic heterocycles. The highest BCUT2D eigenvalue weighted by atomic mass is 16.2. The fourth-order valence-electron chi connectivity index (χ4n) is 3.19. The number of benzene rings is 2. The minimum Gasteiger partial charge on any atom is -0.361 e. The third kappa shape index (κ3) is 2.97. The molecule has 0 atom stereocenters. The van der Waals surface area contributed by atoms with Gasteiger partial charge in [-0.2, -0.15) is 5.10 Å². The van der Waals surface area contributed by atoms with Crippen LogP contribution in [0.25, 0.3) is 21.7 Å². The molecule has 130 valence electrons. The lowest BCUT2D eigenvalue weighted by atomic mass is 10.1. The number of nitrogens with one attached hydrogen (secondary N) is 3. The van der Waals surface area contributed by atoms with Crippen LogP contribution in [0, 0.1) is 0 Å². The molecule has 6 heteroatoms. The average Bonchev–Trinajstić information content (AvgIpc) is 3.09. The van der Waals surface area contributed by atoms with Crippen LogP contribution in [0.3, 0.4) is 0 Å². The van der Waals surface area contributed by atoms with Crippen molar-refractivity contribution in [1.29, 1.82) is 0 Å². The first-order valence-electron chi connectivity index (χ1n) is 8.54. The quantitative estimate of drug-likeness (QED) is 0.485. The van der Waals surface area contributed by atoms with Crippen LogP contribution in [0.4, 0.5) is 0 Å². The smallest absolute Gasteiger partial charge is 0.272 e. The summed E-state index contributed by atoms with van der Waals surface area (Å²) in [5.74, 6) is -0.281. The summed E-state index contributed by atoms with van der Waals surface area (Å²) < 4.78 is 0. The first-order chi connectivity index (χ1) is 12.7. The standard InChI is InChI=1S/C20H18N4O2/c25-19-16-9-2-1-8-15(16)18(23-24-19)20(26)21-11-5-6-13-12-22-17-10-4-3-7-14(13)17/h1-4,7-10,12,22H,5-6,11H2,(H,21,26)(H,24,25). The van der Waals surface area contributed by atoms with Gasteiger partial charge in [0.2, 0.25) is 0 Å². The van der Waals surface area contributed by atoms with Gasteiger partial charge in [-0.15, -0.1) is 0 Å². The second-order valence-corrected chi connectivity index (χ2v) is 6.17. The summed E-state index contributed by atoms with van der Waals surface area (Å²) in [7, 11) is 0. The van der Waals surface area contributed by atoms with Crippen LogP contribution in [0.15, 0.2) is 59.5 Å². The van der Waals surface area contributed by atoms with Gasteiger partial charge in [0.15, 0.2) is 5.69 Å². The lowest BCUT2D eigenvalue weighted by Gasteiger charge is -2.06. The fraction of sp³-hybridized carbons (Fsp3) is 0.150. The van der Waals surface area contributed by atoms with Gasteiger partial charge in [-0.1, -0.05) is 36.4 Å². The van der Waals surface area contributed by atoms with Gasteiger partial charge in [0.05, 0.1) is 5.39 Å². The Balaban J connectivity index is 1.42. The van der Waals surface area contributed by atoms with Crippen LogP contribution in [0.2, 0.25) is 0 Å². The van der Waals surface area contributed by atoms with Gasteiger partial charge in [0.25, 0.3) is 11.5 Å². The molecule has 0 aliphatic rings. The monoisotopic (exact) mass is 346 g/mol. The lowest BCUT2D eigenvalue weighted by Crippen LogP contribution is -2.27. The molecule has 0 fully saturated rings. The molecule has 2 heterocycles. The van der Waals surface area contributed by atoms with Crippen LogP contribution >= 0.6 is 0 Å². The molecule has 2 aromatic carbocycles.